The maximum absolute atomic E-state index is 11.2. The summed E-state index contributed by atoms with van der Waals surface area (Å²) in [6.07, 6.45) is 1.05. The number of rotatable bonds is 8. The second-order valence-corrected chi connectivity index (χ2v) is 4.82. The average molecular weight is 296 g/mol. The lowest BCUT2D eigenvalue weighted by atomic mass is 9.96. The predicted octanol–water partition coefficient (Wildman–Crippen LogP) is 2.50. The van der Waals surface area contributed by atoms with Gasteiger partial charge in [0.1, 0.15) is 0 Å². The van der Waals surface area contributed by atoms with E-state index in [1.165, 1.54) is 12.1 Å². The fourth-order valence-corrected chi connectivity index (χ4v) is 2.19. The standard InChI is InChI=1S/C14H20N2O5/c1-3-9(4-2)13(17)8-15-12-6-5-10(16(20)21)7-11(12)14(18)19/h5-7,9,13,15,17H,3-4,8H2,1-2H3,(H,18,19). The molecule has 1 rings (SSSR count). The fourth-order valence-electron chi connectivity index (χ4n) is 2.19. The van der Waals surface area contributed by atoms with Gasteiger partial charge in [-0.25, -0.2) is 4.79 Å². The Morgan fingerprint density at radius 2 is 2.00 bits per heavy atom. The third kappa shape index (κ3) is 4.42. The molecule has 7 nitrogen and oxygen atoms in total. The molecule has 0 fully saturated rings. The van der Waals surface area contributed by atoms with Crippen LogP contribution in [0.1, 0.15) is 37.0 Å². The normalized spacial score (nSPS) is 12.2. The maximum Gasteiger partial charge on any atom is 0.338 e. The largest absolute Gasteiger partial charge is 0.478 e. The Morgan fingerprint density at radius 1 is 1.38 bits per heavy atom. The number of nitrogens with zero attached hydrogens (tertiary/aromatic N) is 1. The van der Waals surface area contributed by atoms with Crippen molar-refractivity contribution in [2.45, 2.75) is 32.8 Å². The van der Waals surface area contributed by atoms with Crippen molar-refractivity contribution in [1.29, 1.82) is 0 Å². The van der Waals surface area contributed by atoms with Gasteiger partial charge in [0.05, 0.1) is 16.6 Å². The van der Waals surface area contributed by atoms with Gasteiger partial charge in [-0.3, -0.25) is 10.1 Å². The number of nitro groups is 1. The van der Waals surface area contributed by atoms with Crippen LogP contribution in [-0.2, 0) is 0 Å². The zero-order chi connectivity index (χ0) is 16.0. The van der Waals surface area contributed by atoms with Crippen LogP contribution in [0.15, 0.2) is 18.2 Å². The molecule has 0 spiro atoms. The number of anilines is 1. The Labute approximate surface area is 122 Å². The SMILES string of the molecule is CCC(CC)C(O)CNc1ccc([N+](=O)[O-])cc1C(=O)O. The van der Waals surface area contributed by atoms with Crippen LogP contribution in [-0.4, -0.2) is 33.8 Å². The molecule has 0 aliphatic carbocycles. The van der Waals surface area contributed by atoms with Gasteiger partial charge < -0.3 is 15.5 Å². The van der Waals surface area contributed by atoms with E-state index in [1.807, 2.05) is 13.8 Å². The number of carboxylic acids is 1. The summed E-state index contributed by atoms with van der Waals surface area (Å²) in [6.45, 7) is 4.16. The molecular formula is C14H20N2O5. The van der Waals surface area contributed by atoms with Crippen LogP contribution in [0.2, 0.25) is 0 Å². The van der Waals surface area contributed by atoms with Crippen LogP contribution < -0.4 is 5.32 Å². The Morgan fingerprint density at radius 3 is 2.48 bits per heavy atom. The molecular weight excluding hydrogens is 276 g/mol. The van der Waals surface area contributed by atoms with Crippen molar-refractivity contribution >= 4 is 17.3 Å². The van der Waals surface area contributed by atoms with Gasteiger partial charge in [-0.05, 0) is 12.0 Å². The number of nitro benzene ring substituents is 1. The molecule has 3 N–H and O–H groups in total. The van der Waals surface area contributed by atoms with Crippen molar-refractivity contribution in [2.75, 3.05) is 11.9 Å². The highest BCUT2D eigenvalue weighted by Gasteiger charge is 2.19. The van der Waals surface area contributed by atoms with Crippen molar-refractivity contribution in [2.24, 2.45) is 5.92 Å². The minimum atomic E-state index is -1.25. The van der Waals surface area contributed by atoms with Crippen molar-refractivity contribution in [3.63, 3.8) is 0 Å². The average Bonchev–Trinajstić information content (AvgIpc) is 2.45. The molecule has 0 aliphatic rings. The number of nitrogens with one attached hydrogen (secondary N) is 1. The first-order valence-corrected chi connectivity index (χ1v) is 6.84. The highest BCUT2D eigenvalue weighted by atomic mass is 16.6. The monoisotopic (exact) mass is 296 g/mol. The molecule has 0 bridgehead atoms. The van der Waals surface area contributed by atoms with Crippen LogP contribution in [0.4, 0.5) is 11.4 Å². The third-order valence-electron chi connectivity index (χ3n) is 3.54. The third-order valence-corrected chi connectivity index (χ3v) is 3.54. The number of aliphatic hydroxyl groups excluding tert-OH is 1. The van der Waals surface area contributed by atoms with Crippen LogP contribution in [0.5, 0.6) is 0 Å². The second-order valence-electron chi connectivity index (χ2n) is 4.82. The summed E-state index contributed by atoms with van der Waals surface area (Å²) in [7, 11) is 0. The zero-order valence-electron chi connectivity index (χ0n) is 12.1. The molecule has 0 aromatic heterocycles. The van der Waals surface area contributed by atoms with Crippen LogP contribution >= 0.6 is 0 Å². The summed E-state index contributed by atoms with van der Waals surface area (Å²) in [6, 6.07) is 3.59. The molecule has 0 radical (unpaired) electrons. The van der Waals surface area contributed by atoms with Gasteiger partial charge in [-0.2, -0.15) is 0 Å². The quantitative estimate of drug-likeness (QED) is 0.502. The lowest BCUT2D eigenvalue weighted by Crippen LogP contribution is -2.28. The highest BCUT2D eigenvalue weighted by Crippen LogP contribution is 2.23. The Kier molecular flexibility index (Phi) is 6.10. The number of carbonyl (C=O) groups is 1. The van der Waals surface area contributed by atoms with Crippen LogP contribution in [0.3, 0.4) is 0 Å². The lowest BCUT2D eigenvalue weighted by Gasteiger charge is -2.21. The summed E-state index contributed by atoms with van der Waals surface area (Å²) in [5, 5.41) is 32.7. The summed E-state index contributed by atoms with van der Waals surface area (Å²) >= 11 is 0. The van der Waals surface area contributed by atoms with Gasteiger partial charge in [0.2, 0.25) is 0 Å². The first-order chi connectivity index (χ1) is 9.90. The lowest BCUT2D eigenvalue weighted by molar-refractivity contribution is -0.384. The van der Waals surface area contributed by atoms with Crippen molar-refractivity contribution in [3.05, 3.63) is 33.9 Å². The van der Waals surface area contributed by atoms with E-state index >= 15 is 0 Å². The summed E-state index contributed by atoms with van der Waals surface area (Å²) in [5.74, 6) is -1.12. The number of hydrogen-bond donors (Lipinski definition) is 3. The highest BCUT2D eigenvalue weighted by molar-refractivity contribution is 5.95. The summed E-state index contributed by atoms with van der Waals surface area (Å²) < 4.78 is 0. The van der Waals surface area contributed by atoms with Gasteiger partial charge >= 0.3 is 5.97 Å². The molecule has 1 aromatic carbocycles. The Balaban J connectivity index is 2.88. The van der Waals surface area contributed by atoms with E-state index in [1.54, 1.807) is 0 Å². The maximum atomic E-state index is 11.2. The molecule has 0 saturated carbocycles. The first-order valence-electron chi connectivity index (χ1n) is 6.84. The smallest absolute Gasteiger partial charge is 0.338 e. The van der Waals surface area contributed by atoms with Gasteiger partial charge in [0.25, 0.3) is 5.69 Å². The van der Waals surface area contributed by atoms with Gasteiger partial charge in [0, 0.05) is 24.4 Å². The number of non-ortho nitro benzene ring substituents is 1. The molecule has 0 amide bonds. The number of carboxylic acid groups (broad SMARTS) is 1. The molecule has 0 aliphatic heterocycles. The molecule has 1 aromatic rings. The van der Waals surface area contributed by atoms with E-state index < -0.39 is 17.0 Å². The van der Waals surface area contributed by atoms with Crippen molar-refractivity contribution in [3.8, 4) is 0 Å². The fraction of sp³-hybridized carbons (Fsp3) is 0.500. The zero-order valence-corrected chi connectivity index (χ0v) is 12.1. The van der Waals surface area contributed by atoms with Crippen LogP contribution in [0, 0.1) is 16.0 Å². The topological polar surface area (TPSA) is 113 Å². The number of benzene rings is 1. The van der Waals surface area contributed by atoms with E-state index in [0.717, 1.165) is 18.9 Å². The van der Waals surface area contributed by atoms with Crippen LogP contribution in [0.25, 0.3) is 0 Å². The van der Waals surface area contributed by atoms with Gasteiger partial charge in [-0.1, -0.05) is 26.7 Å². The second kappa shape index (κ2) is 7.58. The van der Waals surface area contributed by atoms with Gasteiger partial charge in [-0.15, -0.1) is 0 Å². The molecule has 0 saturated heterocycles. The molecule has 7 heteroatoms. The Hall–Kier alpha value is -2.15. The van der Waals surface area contributed by atoms with E-state index in [2.05, 4.69) is 5.32 Å². The predicted molar refractivity (Wildman–Crippen MR) is 78.6 cm³/mol. The molecule has 21 heavy (non-hydrogen) atoms. The molecule has 0 heterocycles. The van der Waals surface area contributed by atoms with E-state index in [4.69, 9.17) is 5.11 Å². The van der Waals surface area contributed by atoms with E-state index in [9.17, 15) is 20.0 Å². The van der Waals surface area contributed by atoms with Crippen molar-refractivity contribution < 1.29 is 19.9 Å². The minimum absolute atomic E-state index is 0.129. The summed E-state index contributed by atoms with van der Waals surface area (Å²) in [4.78, 5) is 21.2. The number of aromatic carboxylic acids is 1. The number of hydrogen-bond acceptors (Lipinski definition) is 5. The minimum Gasteiger partial charge on any atom is -0.478 e. The van der Waals surface area contributed by atoms with Crippen molar-refractivity contribution in [1.82, 2.24) is 0 Å². The first kappa shape index (κ1) is 16.9. The molecule has 1 atom stereocenters. The number of aliphatic hydroxyl groups is 1. The van der Waals surface area contributed by atoms with Gasteiger partial charge in [0.15, 0.2) is 0 Å². The molecule has 116 valence electrons. The Bertz CT molecular complexity index is 514. The van der Waals surface area contributed by atoms with E-state index in [-0.39, 0.29) is 29.4 Å². The van der Waals surface area contributed by atoms with E-state index in [0.29, 0.717) is 0 Å². The summed E-state index contributed by atoms with van der Waals surface area (Å²) in [5.41, 5.74) is -0.197. The molecule has 1 unspecified atom stereocenters.